The zero-order chi connectivity index (χ0) is 20.1. The Balaban J connectivity index is 1.31. The van der Waals surface area contributed by atoms with E-state index in [1.165, 1.54) is 0 Å². The molecule has 0 bridgehead atoms. The van der Waals surface area contributed by atoms with Crippen LogP contribution in [0.1, 0.15) is 10.4 Å². The van der Waals surface area contributed by atoms with E-state index in [0.717, 1.165) is 18.9 Å². The van der Waals surface area contributed by atoms with Gasteiger partial charge in [-0.2, -0.15) is 0 Å². The van der Waals surface area contributed by atoms with Crippen LogP contribution in [0.3, 0.4) is 0 Å². The van der Waals surface area contributed by atoms with Crippen molar-refractivity contribution in [3.8, 4) is 0 Å². The molecular weight excluding hydrogens is 370 g/mol. The number of nitrogens with zero attached hydrogens (tertiary/aromatic N) is 4. The maximum atomic E-state index is 12.8. The van der Waals surface area contributed by atoms with Gasteiger partial charge in [-0.15, -0.1) is 0 Å². The van der Waals surface area contributed by atoms with E-state index in [4.69, 9.17) is 4.74 Å². The standard InChI is InChI=1S/C21H25N5O3/c27-20(25-11-9-24(10-12-25)19-3-1-2-8-22-19)17-4-6-18(7-5-17)23-21(28)26-13-15-29-16-14-26/h1-8H,9-16H2,(H,23,28). The number of benzene rings is 1. The third-order valence-electron chi connectivity index (χ3n) is 5.22. The van der Waals surface area contributed by atoms with Crippen molar-refractivity contribution in [2.24, 2.45) is 0 Å². The van der Waals surface area contributed by atoms with Gasteiger partial charge in [0.05, 0.1) is 13.2 Å². The van der Waals surface area contributed by atoms with Crippen LogP contribution in [-0.2, 0) is 4.74 Å². The van der Waals surface area contributed by atoms with Crippen LogP contribution in [0.15, 0.2) is 48.7 Å². The number of aromatic nitrogens is 1. The molecule has 2 fully saturated rings. The average molecular weight is 395 g/mol. The Hall–Kier alpha value is -3.13. The van der Waals surface area contributed by atoms with Crippen molar-refractivity contribution in [1.29, 1.82) is 0 Å². The fourth-order valence-electron chi connectivity index (χ4n) is 3.53. The molecule has 4 rings (SSSR count). The summed E-state index contributed by atoms with van der Waals surface area (Å²) in [6.07, 6.45) is 1.78. The van der Waals surface area contributed by atoms with E-state index < -0.39 is 0 Å². The highest BCUT2D eigenvalue weighted by Crippen LogP contribution is 2.16. The molecule has 0 unspecified atom stereocenters. The number of ether oxygens (including phenoxy) is 1. The topological polar surface area (TPSA) is 78.0 Å². The molecule has 2 aliphatic heterocycles. The van der Waals surface area contributed by atoms with Crippen LogP contribution in [0.4, 0.5) is 16.3 Å². The molecule has 0 aliphatic carbocycles. The highest BCUT2D eigenvalue weighted by Gasteiger charge is 2.23. The van der Waals surface area contributed by atoms with Crippen LogP contribution in [0, 0.1) is 0 Å². The minimum absolute atomic E-state index is 0.0109. The van der Waals surface area contributed by atoms with E-state index in [1.54, 1.807) is 35.4 Å². The van der Waals surface area contributed by atoms with E-state index in [2.05, 4.69) is 15.2 Å². The largest absolute Gasteiger partial charge is 0.378 e. The van der Waals surface area contributed by atoms with E-state index in [9.17, 15) is 9.59 Å². The van der Waals surface area contributed by atoms with Crippen LogP contribution in [-0.4, -0.2) is 79.2 Å². The van der Waals surface area contributed by atoms with Gasteiger partial charge in [-0.25, -0.2) is 9.78 Å². The van der Waals surface area contributed by atoms with Gasteiger partial charge in [0.2, 0.25) is 0 Å². The SMILES string of the molecule is O=C(Nc1ccc(C(=O)N2CCN(c3ccccn3)CC2)cc1)N1CCOCC1. The maximum absolute atomic E-state index is 12.8. The zero-order valence-corrected chi connectivity index (χ0v) is 16.3. The monoisotopic (exact) mass is 395 g/mol. The fraction of sp³-hybridized carbons (Fsp3) is 0.381. The van der Waals surface area contributed by atoms with Gasteiger partial charge in [0, 0.05) is 56.7 Å². The Morgan fingerprint density at radius 1 is 0.862 bits per heavy atom. The van der Waals surface area contributed by atoms with Crippen LogP contribution < -0.4 is 10.2 Å². The third-order valence-corrected chi connectivity index (χ3v) is 5.22. The van der Waals surface area contributed by atoms with E-state index >= 15 is 0 Å². The maximum Gasteiger partial charge on any atom is 0.321 e. The van der Waals surface area contributed by atoms with Crippen LogP contribution in [0.25, 0.3) is 0 Å². The molecule has 2 aromatic rings. The third kappa shape index (κ3) is 4.65. The summed E-state index contributed by atoms with van der Waals surface area (Å²) in [6.45, 7) is 5.14. The average Bonchev–Trinajstić information content (AvgIpc) is 2.80. The summed E-state index contributed by atoms with van der Waals surface area (Å²) in [5.74, 6) is 0.955. The number of carbonyl (C=O) groups is 2. The molecule has 3 heterocycles. The van der Waals surface area contributed by atoms with E-state index in [0.29, 0.717) is 50.6 Å². The van der Waals surface area contributed by atoms with Crippen LogP contribution in [0.5, 0.6) is 0 Å². The molecule has 0 spiro atoms. The van der Waals surface area contributed by atoms with Crippen molar-refractivity contribution in [2.75, 3.05) is 62.7 Å². The first-order valence-electron chi connectivity index (χ1n) is 9.90. The molecule has 8 heteroatoms. The summed E-state index contributed by atoms with van der Waals surface area (Å²) in [5.41, 5.74) is 1.30. The lowest BCUT2D eigenvalue weighted by Gasteiger charge is -2.35. The first-order valence-corrected chi connectivity index (χ1v) is 9.90. The quantitative estimate of drug-likeness (QED) is 0.859. The lowest BCUT2D eigenvalue weighted by molar-refractivity contribution is 0.0564. The van der Waals surface area contributed by atoms with Gasteiger partial charge in [0.1, 0.15) is 5.82 Å². The molecule has 0 saturated carbocycles. The Morgan fingerprint density at radius 2 is 1.59 bits per heavy atom. The van der Waals surface area contributed by atoms with Crippen LogP contribution >= 0.6 is 0 Å². The fourth-order valence-corrected chi connectivity index (χ4v) is 3.53. The number of carbonyl (C=O) groups excluding carboxylic acids is 2. The molecule has 3 amide bonds. The zero-order valence-electron chi connectivity index (χ0n) is 16.3. The Kier molecular flexibility index (Phi) is 5.90. The molecular formula is C21H25N5O3. The normalized spacial score (nSPS) is 17.2. The number of rotatable bonds is 3. The molecule has 1 N–H and O–H groups in total. The lowest BCUT2D eigenvalue weighted by Crippen LogP contribution is -2.49. The summed E-state index contributed by atoms with van der Waals surface area (Å²) in [6, 6.07) is 12.8. The highest BCUT2D eigenvalue weighted by atomic mass is 16.5. The smallest absolute Gasteiger partial charge is 0.321 e. The Bertz CT molecular complexity index is 829. The van der Waals surface area contributed by atoms with Crippen molar-refractivity contribution >= 4 is 23.4 Å². The number of nitrogens with one attached hydrogen (secondary N) is 1. The molecule has 2 aliphatic rings. The van der Waals surface area contributed by atoms with Gasteiger partial charge in [-0.05, 0) is 36.4 Å². The summed E-state index contributed by atoms with van der Waals surface area (Å²) in [7, 11) is 0. The van der Waals surface area contributed by atoms with Gasteiger partial charge >= 0.3 is 6.03 Å². The Morgan fingerprint density at radius 3 is 2.24 bits per heavy atom. The van der Waals surface area contributed by atoms with Gasteiger partial charge < -0.3 is 24.8 Å². The van der Waals surface area contributed by atoms with Crippen molar-refractivity contribution in [1.82, 2.24) is 14.8 Å². The highest BCUT2D eigenvalue weighted by molar-refractivity contribution is 5.95. The molecule has 0 radical (unpaired) electrons. The molecule has 8 nitrogen and oxygen atoms in total. The number of amides is 3. The minimum Gasteiger partial charge on any atom is -0.378 e. The summed E-state index contributed by atoms with van der Waals surface area (Å²) in [4.78, 5) is 35.2. The molecule has 0 atom stereocenters. The number of piperazine rings is 1. The first kappa shape index (κ1) is 19.2. The second kappa shape index (κ2) is 8.91. The van der Waals surface area contributed by atoms with E-state index in [1.807, 2.05) is 23.1 Å². The second-order valence-electron chi connectivity index (χ2n) is 7.07. The molecule has 152 valence electrons. The second-order valence-corrected chi connectivity index (χ2v) is 7.07. The molecule has 1 aromatic heterocycles. The minimum atomic E-state index is -0.141. The van der Waals surface area contributed by atoms with E-state index in [-0.39, 0.29) is 11.9 Å². The van der Waals surface area contributed by atoms with Gasteiger partial charge in [0.15, 0.2) is 0 Å². The number of anilines is 2. The van der Waals surface area contributed by atoms with Crippen LogP contribution in [0.2, 0.25) is 0 Å². The predicted molar refractivity (Wildman–Crippen MR) is 110 cm³/mol. The molecule has 1 aromatic carbocycles. The van der Waals surface area contributed by atoms with Gasteiger partial charge in [0.25, 0.3) is 5.91 Å². The first-order chi connectivity index (χ1) is 14.2. The number of hydrogen-bond donors (Lipinski definition) is 1. The lowest BCUT2D eigenvalue weighted by atomic mass is 10.1. The van der Waals surface area contributed by atoms with Gasteiger partial charge in [-0.3, -0.25) is 4.79 Å². The predicted octanol–water partition coefficient (Wildman–Crippen LogP) is 1.91. The van der Waals surface area contributed by atoms with Crippen molar-refractivity contribution in [3.63, 3.8) is 0 Å². The van der Waals surface area contributed by atoms with Crippen molar-refractivity contribution in [3.05, 3.63) is 54.2 Å². The summed E-state index contributed by atoms with van der Waals surface area (Å²) in [5, 5.41) is 2.87. The summed E-state index contributed by atoms with van der Waals surface area (Å²) >= 11 is 0. The number of urea groups is 1. The number of pyridine rings is 1. The van der Waals surface area contributed by atoms with Crippen molar-refractivity contribution < 1.29 is 14.3 Å². The Labute approximate surface area is 170 Å². The van der Waals surface area contributed by atoms with Crippen molar-refractivity contribution in [2.45, 2.75) is 0 Å². The molecule has 2 saturated heterocycles. The summed E-state index contributed by atoms with van der Waals surface area (Å²) < 4.78 is 5.26. The number of morpholine rings is 1. The number of hydrogen-bond acceptors (Lipinski definition) is 5. The molecule has 29 heavy (non-hydrogen) atoms. The van der Waals surface area contributed by atoms with Gasteiger partial charge in [-0.1, -0.05) is 6.07 Å².